The number of carboxylic acids is 1. The summed E-state index contributed by atoms with van der Waals surface area (Å²) in [5.41, 5.74) is 3.52. The zero-order valence-corrected chi connectivity index (χ0v) is 25.3. The molecule has 3 N–H and O–H groups in total. The number of alkyl halides is 3. The van der Waals surface area contributed by atoms with Gasteiger partial charge in [0.15, 0.2) is 0 Å². The van der Waals surface area contributed by atoms with Gasteiger partial charge in [-0.3, -0.25) is 9.69 Å². The van der Waals surface area contributed by atoms with E-state index in [1.165, 1.54) is 0 Å². The minimum atomic E-state index is -5.08. The van der Waals surface area contributed by atoms with Gasteiger partial charge in [-0.1, -0.05) is 40.9 Å². The number of amides is 1. The summed E-state index contributed by atoms with van der Waals surface area (Å²) in [7, 11) is 0. The number of nitrogens with zero attached hydrogens (tertiary/aromatic N) is 3. The van der Waals surface area contributed by atoms with E-state index in [1.807, 2.05) is 24.3 Å². The van der Waals surface area contributed by atoms with Crippen molar-refractivity contribution < 1.29 is 32.6 Å². The average Bonchev–Trinajstić information content (AvgIpc) is 3.41. The highest BCUT2D eigenvalue weighted by atomic mass is 35.5. The Morgan fingerprint density at radius 1 is 0.977 bits per heavy atom. The normalized spacial score (nSPS) is 13.7. The van der Waals surface area contributed by atoms with E-state index >= 15 is 0 Å². The molecule has 1 saturated heterocycles. The van der Waals surface area contributed by atoms with Crippen LogP contribution >= 0.6 is 34.8 Å². The molecule has 1 amide bonds. The van der Waals surface area contributed by atoms with Crippen molar-refractivity contribution in [2.75, 3.05) is 44.7 Å². The summed E-state index contributed by atoms with van der Waals surface area (Å²) in [6, 6.07) is 16.6. The lowest BCUT2D eigenvalue weighted by Gasteiger charge is -2.26. The van der Waals surface area contributed by atoms with Crippen LogP contribution in [0.4, 0.5) is 24.5 Å². The number of hydrogen-bond donors (Lipinski definition) is 3. The molecule has 9 nitrogen and oxygen atoms in total. The molecule has 1 fully saturated rings. The Hall–Kier alpha value is -3.55. The van der Waals surface area contributed by atoms with E-state index in [0.717, 1.165) is 61.5 Å². The first-order valence-electron chi connectivity index (χ1n) is 13.3. The molecule has 1 aliphatic rings. The smallest absolute Gasteiger partial charge is 0.475 e. The fraction of sp³-hybridized carbons (Fsp3) is 0.276. The van der Waals surface area contributed by atoms with E-state index in [1.54, 1.807) is 41.2 Å². The van der Waals surface area contributed by atoms with Crippen LogP contribution in [0.2, 0.25) is 15.1 Å². The Labute approximate surface area is 265 Å². The molecule has 4 aromatic rings. The minimum absolute atomic E-state index is 0.201. The lowest BCUT2D eigenvalue weighted by molar-refractivity contribution is -0.192. The number of benzene rings is 3. The summed E-state index contributed by atoms with van der Waals surface area (Å²) < 4.78 is 38.9. The van der Waals surface area contributed by atoms with Crippen molar-refractivity contribution in [2.24, 2.45) is 0 Å². The molecule has 0 radical (unpaired) electrons. The number of nitrogens with one attached hydrogen (secondary N) is 2. The maximum absolute atomic E-state index is 12.9. The molecular weight excluding hydrogens is 646 g/mol. The van der Waals surface area contributed by atoms with Crippen LogP contribution in [0.1, 0.15) is 16.8 Å². The molecule has 1 aliphatic heterocycles. The molecule has 0 bridgehead atoms. The van der Waals surface area contributed by atoms with Crippen LogP contribution in [-0.4, -0.2) is 77.2 Å². The molecule has 44 heavy (non-hydrogen) atoms. The first kappa shape index (κ1) is 33.3. The van der Waals surface area contributed by atoms with E-state index in [2.05, 4.69) is 20.6 Å². The van der Waals surface area contributed by atoms with E-state index in [4.69, 9.17) is 49.4 Å². The second-order valence-electron chi connectivity index (χ2n) is 9.58. The number of anilines is 2. The summed E-state index contributed by atoms with van der Waals surface area (Å²) in [4.78, 5) is 24.1. The zero-order chi connectivity index (χ0) is 31.9. The third kappa shape index (κ3) is 8.76. The second-order valence-corrected chi connectivity index (χ2v) is 10.8. The molecular formula is C29H27Cl3F3N5O4. The van der Waals surface area contributed by atoms with Gasteiger partial charge in [0.05, 0.1) is 56.9 Å². The van der Waals surface area contributed by atoms with Crippen molar-refractivity contribution in [3.8, 4) is 5.69 Å². The van der Waals surface area contributed by atoms with Gasteiger partial charge in [0.1, 0.15) is 0 Å². The number of morpholine rings is 1. The Morgan fingerprint density at radius 2 is 1.66 bits per heavy atom. The van der Waals surface area contributed by atoms with Crippen LogP contribution < -0.4 is 10.6 Å². The molecule has 0 spiro atoms. The number of ether oxygens (including phenoxy) is 1. The van der Waals surface area contributed by atoms with Crippen molar-refractivity contribution in [2.45, 2.75) is 12.6 Å². The Bertz CT molecular complexity index is 1610. The molecule has 1 aromatic heterocycles. The summed E-state index contributed by atoms with van der Waals surface area (Å²) in [6.45, 7) is 4.91. The number of halogens is 6. The van der Waals surface area contributed by atoms with Crippen molar-refractivity contribution >= 4 is 69.0 Å². The molecule has 0 atom stereocenters. The monoisotopic (exact) mass is 671 g/mol. The van der Waals surface area contributed by atoms with E-state index < -0.39 is 12.1 Å². The second kappa shape index (κ2) is 15.0. The minimum Gasteiger partial charge on any atom is -0.475 e. The van der Waals surface area contributed by atoms with Crippen LogP contribution in [-0.2, 0) is 9.53 Å². The summed E-state index contributed by atoms with van der Waals surface area (Å²) in [5.74, 6) is -2.96. The van der Waals surface area contributed by atoms with Crippen molar-refractivity contribution in [1.82, 2.24) is 20.0 Å². The summed E-state index contributed by atoms with van der Waals surface area (Å²) in [5, 5.41) is 20.3. The first-order valence-corrected chi connectivity index (χ1v) is 14.4. The third-order valence-electron chi connectivity index (χ3n) is 6.52. The number of carbonyl (C=O) groups is 2. The molecule has 234 valence electrons. The van der Waals surface area contributed by atoms with Gasteiger partial charge in [-0.25, -0.2) is 9.48 Å². The molecule has 15 heteroatoms. The molecule has 3 aromatic carbocycles. The van der Waals surface area contributed by atoms with Gasteiger partial charge in [-0.15, -0.1) is 0 Å². The van der Waals surface area contributed by atoms with Crippen molar-refractivity contribution in [3.05, 3.63) is 81.4 Å². The number of fused-ring (bicyclic) bond motifs is 1. The predicted octanol–water partition coefficient (Wildman–Crippen LogP) is 6.81. The number of para-hydroxylation sites is 1. The number of carboxylic acid groups (broad SMARTS) is 1. The number of aromatic nitrogens is 2. The average molecular weight is 673 g/mol. The summed E-state index contributed by atoms with van der Waals surface area (Å²) in [6.07, 6.45) is -2.45. The number of hydrogen-bond acceptors (Lipinski definition) is 6. The SMILES string of the molecule is O=C(NCCCN1CCOCC1)c1cc(-n2ncc3cc(Nc4c(Cl)cccc4Cl)ccc32)ccc1Cl.O=C(O)C(F)(F)F. The highest BCUT2D eigenvalue weighted by molar-refractivity contribution is 6.39. The number of carbonyl (C=O) groups excluding carboxylic acids is 1. The van der Waals surface area contributed by atoms with Crippen LogP contribution in [0, 0.1) is 0 Å². The topological polar surface area (TPSA) is 109 Å². The summed E-state index contributed by atoms with van der Waals surface area (Å²) >= 11 is 19.0. The Morgan fingerprint density at radius 3 is 2.32 bits per heavy atom. The van der Waals surface area contributed by atoms with Gasteiger partial charge >= 0.3 is 12.1 Å². The van der Waals surface area contributed by atoms with E-state index in [9.17, 15) is 18.0 Å². The van der Waals surface area contributed by atoms with Crippen molar-refractivity contribution in [3.63, 3.8) is 0 Å². The fourth-order valence-corrected chi connectivity index (χ4v) is 5.02. The molecule has 0 saturated carbocycles. The van der Waals surface area contributed by atoms with Gasteiger partial charge in [-0.05, 0) is 61.5 Å². The largest absolute Gasteiger partial charge is 0.490 e. The zero-order valence-electron chi connectivity index (χ0n) is 23.0. The lowest BCUT2D eigenvalue weighted by atomic mass is 10.1. The van der Waals surface area contributed by atoms with Crippen LogP contribution in [0.5, 0.6) is 0 Å². The quantitative estimate of drug-likeness (QED) is 0.177. The maximum atomic E-state index is 12.9. The number of aliphatic carboxylic acids is 1. The van der Waals surface area contributed by atoms with Crippen LogP contribution in [0.15, 0.2) is 60.8 Å². The van der Waals surface area contributed by atoms with Gasteiger partial charge < -0.3 is 20.5 Å². The molecule has 0 aliphatic carbocycles. The highest BCUT2D eigenvalue weighted by Crippen LogP contribution is 2.33. The van der Waals surface area contributed by atoms with Gasteiger partial charge in [0, 0.05) is 30.7 Å². The molecule has 5 rings (SSSR count). The van der Waals surface area contributed by atoms with Gasteiger partial charge in [0.2, 0.25) is 0 Å². The highest BCUT2D eigenvalue weighted by Gasteiger charge is 2.38. The Kier molecular flexibility index (Phi) is 11.3. The molecule has 0 unspecified atom stereocenters. The first-order chi connectivity index (χ1) is 20.9. The van der Waals surface area contributed by atoms with Crippen molar-refractivity contribution in [1.29, 1.82) is 0 Å². The standard InChI is InChI=1S/C27H26Cl3N5O2.C2HF3O2/c28-22-7-6-20(16-21(22)27(36)31-9-2-10-34-11-13-37-14-12-34)35-25-8-5-19(15-18(25)17-32-35)33-26-23(29)3-1-4-24(26)30;3-2(4,5)1(6)7/h1,3-8,15-17,33H,2,9-14H2,(H,31,36);(H,6,7). The van der Waals surface area contributed by atoms with Gasteiger partial charge in [-0.2, -0.15) is 18.3 Å². The van der Waals surface area contributed by atoms with E-state index in [0.29, 0.717) is 32.9 Å². The molecule has 2 heterocycles. The van der Waals surface area contributed by atoms with Crippen LogP contribution in [0.3, 0.4) is 0 Å². The Balaban J connectivity index is 0.000000566. The van der Waals surface area contributed by atoms with Gasteiger partial charge in [0.25, 0.3) is 5.91 Å². The lowest BCUT2D eigenvalue weighted by Crippen LogP contribution is -2.38. The fourth-order valence-electron chi connectivity index (χ4n) is 4.32. The number of rotatable bonds is 8. The predicted molar refractivity (Wildman–Crippen MR) is 164 cm³/mol. The van der Waals surface area contributed by atoms with E-state index in [-0.39, 0.29) is 5.91 Å². The third-order valence-corrected chi connectivity index (χ3v) is 7.48. The maximum Gasteiger partial charge on any atom is 0.490 e. The van der Waals surface area contributed by atoms with Crippen LogP contribution in [0.25, 0.3) is 16.6 Å².